The van der Waals surface area contributed by atoms with Crippen LogP contribution >= 0.6 is 0 Å². The first-order valence-corrected chi connectivity index (χ1v) is 13.4. The van der Waals surface area contributed by atoms with Crippen molar-refractivity contribution in [1.29, 1.82) is 0 Å². The fraction of sp³-hybridized carbons (Fsp3) is 0.381. The van der Waals surface area contributed by atoms with Crippen LogP contribution in [0.3, 0.4) is 0 Å². The number of sulfonamides is 1. The summed E-state index contributed by atoms with van der Waals surface area (Å²) >= 11 is 0. The number of nitrogens with one attached hydrogen (secondary N) is 1. The zero-order chi connectivity index (χ0) is 24.4. The Morgan fingerprint density at radius 1 is 1.12 bits per heavy atom. The van der Waals surface area contributed by atoms with Crippen molar-refractivity contribution in [1.82, 2.24) is 0 Å². The van der Waals surface area contributed by atoms with Crippen molar-refractivity contribution in [3.63, 3.8) is 0 Å². The molecule has 0 unspecified atom stereocenters. The van der Waals surface area contributed by atoms with Gasteiger partial charge < -0.3 is 19.5 Å². The molecule has 0 bridgehead atoms. The number of anilines is 2. The minimum atomic E-state index is -4.32. The van der Waals surface area contributed by atoms with Crippen molar-refractivity contribution in [3.05, 3.63) is 42.0 Å². The van der Waals surface area contributed by atoms with Crippen molar-refractivity contribution in [2.75, 3.05) is 43.2 Å². The standard InChI is InChI=1S/C21H26N2O8S2/c1-30-19-9-6-14(21(25)31-2)11-20(19)33(28,29)22-17-12-16(32(3,26)27)7-8-18(17)23-10-4-5-15(24)13-23/h6-9,11-12,15,22,24H,4-5,10,13H2,1-3H3/t15-/m1/s1. The molecule has 0 amide bonds. The molecule has 0 aliphatic carbocycles. The average molecular weight is 499 g/mol. The quantitative estimate of drug-likeness (QED) is 0.545. The second kappa shape index (κ2) is 9.57. The first-order chi connectivity index (χ1) is 15.5. The molecular weight excluding hydrogens is 472 g/mol. The molecule has 1 heterocycles. The van der Waals surface area contributed by atoms with Gasteiger partial charge in [0.15, 0.2) is 9.84 Å². The highest BCUT2D eigenvalue weighted by molar-refractivity contribution is 7.93. The Morgan fingerprint density at radius 3 is 2.45 bits per heavy atom. The number of hydrogen-bond acceptors (Lipinski definition) is 9. The van der Waals surface area contributed by atoms with Crippen LogP contribution in [0.1, 0.15) is 23.2 Å². The summed E-state index contributed by atoms with van der Waals surface area (Å²) in [4.78, 5) is 13.3. The molecule has 0 saturated carbocycles. The number of β-amino-alcohol motifs (C(OH)–C–C–N with tert-alkyl or cyclic N) is 1. The molecule has 0 aromatic heterocycles. The van der Waals surface area contributed by atoms with Gasteiger partial charge >= 0.3 is 5.97 Å². The Labute approximate surface area is 193 Å². The predicted octanol–water partition coefficient (Wildman–Crippen LogP) is 1.65. The van der Waals surface area contributed by atoms with Crippen molar-refractivity contribution in [2.24, 2.45) is 0 Å². The van der Waals surface area contributed by atoms with Crippen LogP contribution in [0.25, 0.3) is 0 Å². The molecule has 10 nitrogen and oxygen atoms in total. The number of sulfone groups is 1. The molecule has 2 N–H and O–H groups in total. The number of piperidine rings is 1. The molecule has 0 spiro atoms. The molecule has 1 saturated heterocycles. The van der Waals surface area contributed by atoms with E-state index >= 15 is 0 Å². The van der Waals surface area contributed by atoms with Crippen LogP contribution in [-0.4, -0.2) is 67.6 Å². The average Bonchev–Trinajstić information content (AvgIpc) is 2.77. The number of ether oxygens (including phenoxy) is 2. The summed E-state index contributed by atoms with van der Waals surface area (Å²) in [6.45, 7) is 0.833. The molecule has 1 fully saturated rings. The third-order valence-corrected chi connectivity index (χ3v) is 7.75. The summed E-state index contributed by atoms with van der Waals surface area (Å²) in [5.41, 5.74) is 0.452. The van der Waals surface area contributed by atoms with E-state index in [2.05, 4.69) is 9.46 Å². The van der Waals surface area contributed by atoms with Gasteiger partial charge in [-0.05, 0) is 49.2 Å². The maximum atomic E-state index is 13.3. The second-order valence-corrected chi connectivity index (χ2v) is 11.3. The van der Waals surface area contributed by atoms with E-state index in [0.717, 1.165) is 12.3 Å². The summed E-state index contributed by atoms with van der Waals surface area (Å²) in [5, 5.41) is 10.1. The number of hydrogen-bond donors (Lipinski definition) is 2. The van der Waals surface area contributed by atoms with E-state index in [9.17, 15) is 26.7 Å². The Balaban J connectivity index is 2.11. The highest BCUT2D eigenvalue weighted by Gasteiger charge is 2.27. The van der Waals surface area contributed by atoms with E-state index < -0.39 is 31.9 Å². The minimum Gasteiger partial charge on any atom is -0.495 e. The lowest BCUT2D eigenvalue weighted by Gasteiger charge is -2.33. The van der Waals surface area contributed by atoms with Crippen LogP contribution < -0.4 is 14.4 Å². The van der Waals surface area contributed by atoms with Crippen LogP contribution in [0.5, 0.6) is 5.75 Å². The molecular formula is C21H26N2O8S2. The summed E-state index contributed by atoms with van der Waals surface area (Å²) in [7, 11) is -5.49. The number of carbonyl (C=O) groups is 1. The van der Waals surface area contributed by atoms with E-state index in [0.29, 0.717) is 25.1 Å². The Bertz CT molecular complexity index is 1260. The zero-order valence-electron chi connectivity index (χ0n) is 18.4. The van der Waals surface area contributed by atoms with Gasteiger partial charge in [0, 0.05) is 19.3 Å². The van der Waals surface area contributed by atoms with Gasteiger partial charge in [0.2, 0.25) is 0 Å². The highest BCUT2D eigenvalue weighted by atomic mass is 32.2. The monoisotopic (exact) mass is 498 g/mol. The van der Waals surface area contributed by atoms with Crippen molar-refractivity contribution < 1.29 is 36.2 Å². The fourth-order valence-corrected chi connectivity index (χ4v) is 5.52. The van der Waals surface area contributed by atoms with Gasteiger partial charge in [-0.3, -0.25) is 4.72 Å². The predicted molar refractivity (Wildman–Crippen MR) is 122 cm³/mol. The van der Waals surface area contributed by atoms with Crippen LogP contribution in [0, 0.1) is 0 Å². The summed E-state index contributed by atoms with van der Waals surface area (Å²) < 4.78 is 63.2. The van der Waals surface area contributed by atoms with E-state index in [1.165, 1.54) is 44.6 Å². The van der Waals surface area contributed by atoms with Gasteiger partial charge in [-0.1, -0.05) is 0 Å². The molecule has 0 radical (unpaired) electrons. The number of carbonyl (C=O) groups excluding carboxylic acids is 1. The van der Waals surface area contributed by atoms with Crippen LogP contribution in [0.4, 0.5) is 11.4 Å². The number of nitrogens with zero attached hydrogens (tertiary/aromatic N) is 1. The highest BCUT2D eigenvalue weighted by Crippen LogP contribution is 2.34. The fourth-order valence-electron chi connectivity index (χ4n) is 3.61. The van der Waals surface area contributed by atoms with Gasteiger partial charge in [-0.25, -0.2) is 21.6 Å². The van der Waals surface area contributed by atoms with Crippen LogP contribution in [0.2, 0.25) is 0 Å². The molecule has 1 aliphatic heterocycles. The van der Waals surface area contributed by atoms with E-state index in [1.807, 2.05) is 0 Å². The number of aliphatic hydroxyl groups is 1. The van der Waals surface area contributed by atoms with E-state index in [1.54, 1.807) is 4.90 Å². The normalized spacial score (nSPS) is 16.8. The molecule has 2 aromatic carbocycles. The van der Waals surface area contributed by atoms with E-state index in [4.69, 9.17) is 4.74 Å². The Kier molecular flexibility index (Phi) is 7.20. The van der Waals surface area contributed by atoms with Crippen molar-refractivity contribution in [3.8, 4) is 5.75 Å². The smallest absolute Gasteiger partial charge is 0.337 e. The molecule has 2 aromatic rings. The molecule has 12 heteroatoms. The lowest BCUT2D eigenvalue weighted by molar-refractivity contribution is 0.0600. The molecule has 1 aliphatic rings. The van der Waals surface area contributed by atoms with E-state index in [-0.39, 0.29) is 33.3 Å². The number of methoxy groups -OCH3 is 2. The maximum absolute atomic E-state index is 13.3. The Hall–Kier alpha value is -2.83. The lowest BCUT2D eigenvalue weighted by atomic mass is 10.1. The summed E-state index contributed by atoms with van der Waals surface area (Å²) in [6.07, 6.45) is 1.75. The maximum Gasteiger partial charge on any atom is 0.337 e. The van der Waals surface area contributed by atoms with Gasteiger partial charge in [-0.15, -0.1) is 0 Å². The molecule has 3 rings (SSSR count). The third-order valence-electron chi connectivity index (χ3n) is 5.25. The third kappa shape index (κ3) is 5.57. The first-order valence-electron chi connectivity index (χ1n) is 10.0. The van der Waals surface area contributed by atoms with Gasteiger partial charge in [0.1, 0.15) is 10.6 Å². The molecule has 33 heavy (non-hydrogen) atoms. The summed E-state index contributed by atoms with van der Waals surface area (Å²) in [5.74, 6) is -0.736. The van der Waals surface area contributed by atoms with Gasteiger partial charge in [-0.2, -0.15) is 0 Å². The topological polar surface area (TPSA) is 139 Å². The van der Waals surface area contributed by atoms with Crippen molar-refractivity contribution >= 4 is 37.2 Å². The largest absolute Gasteiger partial charge is 0.495 e. The minimum absolute atomic E-state index is 0.00272. The molecule has 180 valence electrons. The second-order valence-electron chi connectivity index (χ2n) is 7.66. The van der Waals surface area contributed by atoms with Gasteiger partial charge in [0.25, 0.3) is 10.0 Å². The Morgan fingerprint density at radius 2 is 1.85 bits per heavy atom. The number of esters is 1. The SMILES string of the molecule is COC(=O)c1ccc(OC)c(S(=O)(=O)Nc2cc(S(C)(=O)=O)ccc2N2CCC[C@@H](O)C2)c1. The van der Waals surface area contributed by atoms with Crippen molar-refractivity contribution in [2.45, 2.75) is 28.7 Å². The molecule has 1 atom stereocenters. The number of rotatable bonds is 7. The first kappa shape index (κ1) is 24.8. The van der Waals surface area contributed by atoms with Crippen LogP contribution in [0.15, 0.2) is 46.2 Å². The van der Waals surface area contributed by atoms with Crippen LogP contribution in [-0.2, 0) is 24.6 Å². The number of benzene rings is 2. The number of aliphatic hydroxyl groups excluding tert-OH is 1. The zero-order valence-corrected chi connectivity index (χ0v) is 20.1. The van der Waals surface area contributed by atoms with Gasteiger partial charge in [0.05, 0.1) is 42.2 Å². The lowest BCUT2D eigenvalue weighted by Crippen LogP contribution is -2.38. The summed E-state index contributed by atoms with van der Waals surface area (Å²) in [6, 6.07) is 7.96.